The van der Waals surface area contributed by atoms with Crippen molar-refractivity contribution in [3.05, 3.63) is 82.9 Å². The highest BCUT2D eigenvalue weighted by Gasteiger charge is 2.28. The van der Waals surface area contributed by atoms with Crippen molar-refractivity contribution in [2.45, 2.75) is 31.2 Å². The van der Waals surface area contributed by atoms with Crippen LogP contribution in [0.2, 0.25) is 5.02 Å². The molecule has 0 aliphatic carbocycles. The van der Waals surface area contributed by atoms with Crippen LogP contribution in [0.1, 0.15) is 30.5 Å². The zero-order valence-corrected chi connectivity index (χ0v) is 21.7. The van der Waals surface area contributed by atoms with Crippen LogP contribution in [-0.2, 0) is 14.8 Å². The van der Waals surface area contributed by atoms with Gasteiger partial charge in [0.05, 0.1) is 30.8 Å². The number of ether oxygens (including phenoxy) is 2. The summed E-state index contributed by atoms with van der Waals surface area (Å²) in [5, 5.41) is 3.36. The highest BCUT2D eigenvalue weighted by molar-refractivity contribution is 7.92. The largest absolute Gasteiger partial charge is 0.493 e. The molecule has 1 atom stereocenters. The Bertz CT molecular complexity index is 1280. The van der Waals surface area contributed by atoms with Gasteiger partial charge in [0.25, 0.3) is 10.0 Å². The average Bonchev–Trinajstić information content (AvgIpc) is 2.87. The molecule has 3 aromatic carbocycles. The third kappa shape index (κ3) is 6.07. The van der Waals surface area contributed by atoms with E-state index in [1.165, 1.54) is 12.1 Å². The van der Waals surface area contributed by atoms with Crippen molar-refractivity contribution in [1.82, 2.24) is 5.32 Å². The van der Waals surface area contributed by atoms with E-state index in [0.29, 0.717) is 28.6 Å². The van der Waals surface area contributed by atoms with Crippen molar-refractivity contribution >= 4 is 33.2 Å². The number of halogens is 1. The van der Waals surface area contributed by atoms with Crippen LogP contribution in [0, 0.1) is 6.92 Å². The Hall–Kier alpha value is -3.23. The molecule has 7 nitrogen and oxygen atoms in total. The van der Waals surface area contributed by atoms with E-state index in [4.69, 9.17) is 21.1 Å². The molecule has 0 spiro atoms. The monoisotopic (exact) mass is 516 g/mol. The van der Waals surface area contributed by atoms with Gasteiger partial charge in [-0.25, -0.2) is 8.42 Å². The first kappa shape index (κ1) is 26.4. The van der Waals surface area contributed by atoms with E-state index in [2.05, 4.69) is 5.32 Å². The Morgan fingerprint density at radius 1 is 1.00 bits per heavy atom. The second kappa shape index (κ2) is 11.5. The first-order valence-corrected chi connectivity index (χ1v) is 12.9. The average molecular weight is 517 g/mol. The number of hydrogen-bond acceptors (Lipinski definition) is 5. The van der Waals surface area contributed by atoms with Gasteiger partial charge in [0.15, 0.2) is 11.5 Å². The van der Waals surface area contributed by atoms with Crippen LogP contribution < -0.4 is 19.1 Å². The van der Waals surface area contributed by atoms with Crippen LogP contribution >= 0.6 is 11.6 Å². The van der Waals surface area contributed by atoms with Crippen molar-refractivity contribution < 1.29 is 22.7 Å². The fraction of sp³-hybridized carbons (Fsp3) is 0.269. The number of nitrogens with one attached hydrogen (secondary N) is 1. The molecule has 1 amide bonds. The van der Waals surface area contributed by atoms with Gasteiger partial charge in [0.1, 0.15) is 6.54 Å². The number of amides is 1. The number of hydrogen-bond donors (Lipinski definition) is 1. The van der Waals surface area contributed by atoms with Crippen molar-refractivity contribution in [3.8, 4) is 11.5 Å². The lowest BCUT2D eigenvalue weighted by atomic mass is 10.0. The number of nitrogens with zero attached hydrogens (tertiary/aromatic N) is 1. The molecule has 0 saturated heterocycles. The molecule has 3 rings (SSSR count). The second-order valence-corrected chi connectivity index (χ2v) is 10.2. The van der Waals surface area contributed by atoms with Gasteiger partial charge < -0.3 is 14.8 Å². The van der Waals surface area contributed by atoms with Crippen LogP contribution in [0.5, 0.6) is 11.5 Å². The Kier molecular flexibility index (Phi) is 8.64. The van der Waals surface area contributed by atoms with Gasteiger partial charge in [-0.05, 0) is 60.9 Å². The van der Waals surface area contributed by atoms with Crippen molar-refractivity contribution in [2.24, 2.45) is 0 Å². The lowest BCUT2D eigenvalue weighted by Crippen LogP contribution is -2.42. The Morgan fingerprint density at radius 2 is 1.69 bits per heavy atom. The summed E-state index contributed by atoms with van der Waals surface area (Å²) >= 11 is 6.29. The summed E-state index contributed by atoms with van der Waals surface area (Å²) in [5.41, 5.74) is 1.92. The van der Waals surface area contributed by atoms with E-state index in [9.17, 15) is 13.2 Å². The maximum Gasteiger partial charge on any atom is 0.264 e. The first-order valence-electron chi connectivity index (χ1n) is 11.1. The number of anilines is 1. The minimum absolute atomic E-state index is 0.0800. The van der Waals surface area contributed by atoms with Gasteiger partial charge >= 0.3 is 0 Å². The minimum Gasteiger partial charge on any atom is -0.493 e. The number of aryl methyl sites for hydroxylation is 1. The smallest absolute Gasteiger partial charge is 0.264 e. The summed E-state index contributed by atoms with van der Waals surface area (Å²) < 4.78 is 38.8. The summed E-state index contributed by atoms with van der Waals surface area (Å²) in [4.78, 5) is 13.3. The van der Waals surface area contributed by atoms with Crippen LogP contribution in [-0.4, -0.2) is 35.1 Å². The minimum atomic E-state index is -4.03. The van der Waals surface area contributed by atoms with Crippen molar-refractivity contribution in [2.75, 3.05) is 25.1 Å². The Labute approximate surface area is 211 Å². The van der Waals surface area contributed by atoms with E-state index in [-0.39, 0.29) is 10.9 Å². The molecular weight excluding hydrogens is 488 g/mol. The second-order valence-electron chi connectivity index (χ2n) is 7.90. The summed E-state index contributed by atoms with van der Waals surface area (Å²) in [6, 6.07) is 18.0. The summed E-state index contributed by atoms with van der Waals surface area (Å²) in [7, 11) is -0.935. The molecule has 3 aromatic rings. The predicted octanol–water partition coefficient (Wildman–Crippen LogP) is 5.13. The SMILES string of the molecule is CCC(NC(=O)CN(c1ccc(C)c(Cl)c1)S(=O)(=O)c1ccccc1)c1ccc(OC)c(OC)c1. The molecule has 0 bridgehead atoms. The van der Waals surface area contributed by atoms with Gasteiger partial charge in [-0.3, -0.25) is 9.10 Å². The Morgan fingerprint density at radius 3 is 2.29 bits per heavy atom. The molecule has 35 heavy (non-hydrogen) atoms. The van der Waals surface area contributed by atoms with Gasteiger partial charge in [0.2, 0.25) is 5.91 Å². The fourth-order valence-corrected chi connectivity index (χ4v) is 5.24. The van der Waals surface area contributed by atoms with E-state index < -0.39 is 22.5 Å². The molecule has 186 valence electrons. The molecule has 0 aliphatic rings. The highest BCUT2D eigenvalue weighted by Crippen LogP contribution is 2.31. The molecule has 1 unspecified atom stereocenters. The zero-order valence-electron chi connectivity index (χ0n) is 20.1. The maximum atomic E-state index is 13.5. The van der Waals surface area contributed by atoms with Crippen LogP contribution in [0.4, 0.5) is 5.69 Å². The third-order valence-corrected chi connectivity index (χ3v) is 7.81. The lowest BCUT2D eigenvalue weighted by molar-refractivity contribution is -0.120. The van der Waals surface area contributed by atoms with Crippen molar-refractivity contribution in [3.63, 3.8) is 0 Å². The number of methoxy groups -OCH3 is 2. The quantitative estimate of drug-likeness (QED) is 0.404. The molecule has 0 radical (unpaired) electrons. The zero-order chi connectivity index (χ0) is 25.6. The number of carbonyl (C=O) groups excluding carboxylic acids is 1. The van der Waals surface area contributed by atoms with Crippen molar-refractivity contribution in [1.29, 1.82) is 0 Å². The molecule has 0 aliphatic heterocycles. The maximum absolute atomic E-state index is 13.5. The van der Waals surface area contributed by atoms with E-state index in [1.807, 2.05) is 19.9 Å². The molecule has 0 saturated carbocycles. The number of sulfonamides is 1. The standard InChI is InChI=1S/C26H29ClN2O5S/c1-5-23(19-12-14-24(33-3)25(15-19)34-4)28-26(30)17-29(20-13-11-18(2)22(27)16-20)35(31,32)21-9-7-6-8-10-21/h6-16,23H,5,17H2,1-4H3,(H,28,30). The van der Waals surface area contributed by atoms with E-state index in [1.54, 1.807) is 62.8 Å². The van der Waals surface area contributed by atoms with Gasteiger partial charge in [-0.15, -0.1) is 0 Å². The topological polar surface area (TPSA) is 84.9 Å². The van der Waals surface area contributed by atoms with Crippen LogP contribution in [0.15, 0.2) is 71.6 Å². The highest BCUT2D eigenvalue weighted by atomic mass is 35.5. The van der Waals surface area contributed by atoms with Crippen LogP contribution in [0.25, 0.3) is 0 Å². The summed E-state index contributed by atoms with van der Waals surface area (Å²) in [5.74, 6) is 0.664. The van der Waals surface area contributed by atoms with E-state index in [0.717, 1.165) is 15.4 Å². The molecule has 1 N–H and O–H groups in total. The fourth-order valence-electron chi connectivity index (χ4n) is 3.63. The Balaban J connectivity index is 1.92. The first-order chi connectivity index (χ1) is 16.7. The third-order valence-electron chi connectivity index (χ3n) is 5.62. The molecule has 0 aromatic heterocycles. The number of rotatable bonds is 10. The number of benzene rings is 3. The molecule has 0 fully saturated rings. The summed E-state index contributed by atoms with van der Waals surface area (Å²) in [6.07, 6.45) is 0.586. The van der Waals surface area contributed by atoms with Gasteiger partial charge in [-0.1, -0.05) is 48.9 Å². The lowest BCUT2D eigenvalue weighted by Gasteiger charge is -2.26. The van der Waals surface area contributed by atoms with Crippen LogP contribution in [0.3, 0.4) is 0 Å². The molecule has 9 heteroatoms. The predicted molar refractivity (Wildman–Crippen MR) is 138 cm³/mol. The van der Waals surface area contributed by atoms with Gasteiger partial charge in [-0.2, -0.15) is 0 Å². The summed E-state index contributed by atoms with van der Waals surface area (Å²) in [6.45, 7) is 3.34. The van der Waals surface area contributed by atoms with E-state index >= 15 is 0 Å². The normalized spacial score (nSPS) is 12.0. The number of carbonyl (C=O) groups is 1. The molecule has 0 heterocycles. The van der Waals surface area contributed by atoms with Gasteiger partial charge in [0, 0.05) is 5.02 Å². The molecular formula is C26H29ClN2O5S.